The zero-order chi connectivity index (χ0) is 34.6. The first-order valence-electron chi connectivity index (χ1n) is 14.9. The summed E-state index contributed by atoms with van der Waals surface area (Å²) in [7, 11) is -7.53. The third kappa shape index (κ3) is 9.17. The van der Waals surface area contributed by atoms with E-state index in [4.69, 9.17) is 26.8 Å². The highest BCUT2D eigenvalue weighted by Gasteiger charge is 2.37. The first-order chi connectivity index (χ1) is 23.8. The summed E-state index contributed by atoms with van der Waals surface area (Å²) in [6.07, 6.45) is 2.03. The summed E-state index contributed by atoms with van der Waals surface area (Å²) in [5, 5.41) is 10.6. The molecule has 0 fully saturated rings. The van der Waals surface area contributed by atoms with Crippen LogP contribution in [0.3, 0.4) is 0 Å². The van der Waals surface area contributed by atoms with Crippen molar-refractivity contribution in [3.63, 3.8) is 0 Å². The molecule has 5 aromatic rings. The number of aliphatic hydroxyl groups is 1. The first-order valence-corrected chi connectivity index (χ1v) is 20.0. The Kier molecular flexibility index (Phi) is 12.3. The van der Waals surface area contributed by atoms with Gasteiger partial charge in [-0.05, 0) is 61.6 Å². The molecule has 1 unspecified atom stereocenters. The summed E-state index contributed by atoms with van der Waals surface area (Å²) in [6.45, 7) is 3.56. The molecule has 0 saturated carbocycles. The van der Waals surface area contributed by atoms with Crippen molar-refractivity contribution in [1.82, 2.24) is 0 Å². The van der Waals surface area contributed by atoms with Gasteiger partial charge < -0.3 is 31.9 Å². The van der Waals surface area contributed by atoms with Crippen LogP contribution in [0.25, 0.3) is 0 Å². The fraction of sp³-hybridized carbons (Fsp3) is 0.0833. The molecular formula is C36H32O10P2Si. The van der Waals surface area contributed by atoms with E-state index in [0.29, 0.717) is 57.8 Å². The van der Waals surface area contributed by atoms with Crippen molar-refractivity contribution >= 4 is 49.6 Å². The van der Waals surface area contributed by atoms with Crippen LogP contribution < -0.4 is 27.8 Å². The van der Waals surface area contributed by atoms with Crippen LogP contribution in [0, 0.1) is 0 Å². The van der Waals surface area contributed by atoms with Gasteiger partial charge in [-0.15, -0.1) is 0 Å². The van der Waals surface area contributed by atoms with E-state index in [1.807, 2.05) is 25.2 Å². The van der Waals surface area contributed by atoms with Crippen LogP contribution >= 0.6 is 17.2 Å². The van der Waals surface area contributed by atoms with Crippen molar-refractivity contribution in [2.75, 3.05) is 0 Å². The van der Waals surface area contributed by atoms with Gasteiger partial charge in [-0.1, -0.05) is 72.8 Å². The molecule has 0 radical (unpaired) electrons. The Morgan fingerprint density at radius 3 is 1.37 bits per heavy atom. The van der Waals surface area contributed by atoms with Crippen LogP contribution in [0.1, 0.15) is 36.6 Å². The topological polar surface area (TPSA) is 127 Å². The number of aldehydes is 3. The highest BCUT2D eigenvalue weighted by molar-refractivity contribution is 7.45. The van der Waals surface area contributed by atoms with Crippen molar-refractivity contribution in [1.29, 1.82) is 0 Å². The second kappa shape index (κ2) is 17.0. The van der Waals surface area contributed by atoms with Crippen molar-refractivity contribution in [3.8, 4) is 28.7 Å². The van der Waals surface area contributed by atoms with Crippen LogP contribution in [0.15, 0.2) is 121 Å². The second-order valence-corrected chi connectivity index (χ2v) is 16.8. The lowest BCUT2D eigenvalue weighted by Crippen LogP contribution is -2.44. The molecule has 0 saturated heterocycles. The minimum Gasteiger partial charge on any atom is -0.418 e. The Morgan fingerprint density at radius 1 is 0.510 bits per heavy atom. The first kappa shape index (κ1) is 35.4. The van der Waals surface area contributed by atoms with E-state index in [2.05, 4.69) is 0 Å². The number of hydrogen-bond acceptors (Lipinski definition) is 10. The van der Waals surface area contributed by atoms with E-state index >= 15 is 0 Å². The highest BCUT2D eigenvalue weighted by Crippen LogP contribution is 2.47. The van der Waals surface area contributed by atoms with Gasteiger partial charge in [0.1, 0.15) is 28.7 Å². The summed E-state index contributed by atoms with van der Waals surface area (Å²) in [5.41, 5.74) is 1.42. The number of carbonyl (C=O) groups excluding carboxylic acids is 3. The lowest BCUT2D eigenvalue weighted by molar-refractivity contribution is 0.111. The smallest absolute Gasteiger partial charge is 0.418 e. The normalized spacial score (nSPS) is 11.7. The molecule has 250 valence electrons. The van der Waals surface area contributed by atoms with Gasteiger partial charge in [0.05, 0.1) is 23.3 Å². The van der Waals surface area contributed by atoms with Crippen molar-refractivity contribution in [3.05, 3.63) is 144 Å². The zero-order valence-electron chi connectivity index (χ0n) is 26.5. The number of aliphatic hydroxyl groups excluding tert-OH is 1. The third-order valence-corrected chi connectivity index (χ3v) is 12.8. The summed E-state index contributed by atoms with van der Waals surface area (Å²) < 4.78 is 37.9. The predicted octanol–water partition coefficient (Wildman–Crippen LogP) is 8.19. The molecule has 10 nitrogen and oxygen atoms in total. The van der Waals surface area contributed by atoms with Crippen molar-refractivity contribution in [2.45, 2.75) is 19.7 Å². The molecule has 1 atom stereocenters. The number of rotatable bonds is 17. The Bertz CT molecular complexity index is 1850. The Balaban J connectivity index is 1.49. The predicted molar refractivity (Wildman–Crippen MR) is 189 cm³/mol. The summed E-state index contributed by atoms with van der Waals surface area (Å²) in [5.74, 6) is 1.49. The minimum absolute atomic E-state index is 0.253. The molecule has 0 aromatic heterocycles. The molecule has 0 amide bonds. The van der Waals surface area contributed by atoms with Gasteiger partial charge in [0.25, 0.3) is 0 Å². The highest BCUT2D eigenvalue weighted by atomic mass is 31.2. The average Bonchev–Trinajstić information content (AvgIpc) is 3.12. The largest absolute Gasteiger partial charge is 0.530 e. The zero-order valence-corrected chi connectivity index (χ0v) is 29.3. The average molecular weight is 715 g/mol. The van der Waals surface area contributed by atoms with Gasteiger partial charge >= 0.3 is 17.2 Å². The second-order valence-electron chi connectivity index (χ2n) is 10.7. The molecule has 0 bridgehead atoms. The number of benzene rings is 5. The van der Waals surface area contributed by atoms with E-state index in [0.717, 1.165) is 0 Å². The van der Waals surface area contributed by atoms with Gasteiger partial charge in [-0.25, -0.2) is 0 Å². The van der Waals surface area contributed by atoms with E-state index in [1.165, 1.54) is 0 Å². The molecular weight excluding hydrogens is 682 g/mol. The summed E-state index contributed by atoms with van der Waals surface area (Å²) >= 11 is 0. The van der Waals surface area contributed by atoms with Gasteiger partial charge in [0.15, 0.2) is 18.9 Å². The Morgan fingerprint density at radius 2 is 0.878 bits per heavy atom. The molecule has 0 heterocycles. The lowest BCUT2D eigenvalue weighted by atomic mass is 10.2. The van der Waals surface area contributed by atoms with Crippen LogP contribution in [-0.4, -0.2) is 32.3 Å². The van der Waals surface area contributed by atoms with Crippen LogP contribution in [-0.2, 0) is 10.8 Å². The Labute approximate surface area is 287 Å². The Hall–Kier alpha value is -4.89. The van der Waals surface area contributed by atoms with E-state index in [-0.39, 0.29) is 23.9 Å². The van der Waals surface area contributed by atoms with Gasteiger partial charge in [-0.3, -0.25) is 14.4 Å². The summed E-state index contributed by atoms with van der Waals surface area (Å²) in [6, 6.07) is 34.2. The van der Waals surface area contributed by atoms with Crippen LogP contribution in [0.5, 0.6) is 28.7 Å². The van der Waals surface area contributed by atoms with Crippen LogP contribution in [0.2, 0.25) is 13.1 Å². The molecule has 0 aliphatic rings. The van der Waals surface area contributed by atoms with E-state index < -0.39 is 25.5 Å². The van der Waals surface area contributed by atoms with E-state index in [9.17, 15) is 19.5 Å². The minimum atomic E-state index is -3.06. The molecule has 5 rings (SSSR count). The van der Waals surface area contributed by atoms with E-state index in [1.54, 1.807) is 109 Å². The molecule has 0 aliphatic heterocycles. The maximum Gasteiger partial charge on any atom is 0.530 e. The summed E-state index contributed by atoms with van der Waals surface area (Å²) in [4.78, 5) is 35.4. The SMILES string of the molecule is C[Si](C)(OP(Oc1ccccc1C=O)Oc1ccccc1C=O)c1ccccc1OP(Oc1ccccc1C=O)Oc1ccccc1CO. The number of carbonyl (C=O) groups is 3. The number of hydrogen-bond donors (Lipinski definition) is 1. The van der Waals surface area contributed by atoms with Crippen molar-refractivity contribution < 1.29 is 46.3 Å². The molecule has 49 heavy (non-hydrogen) atoms. The molecule has 13 heteroatoms. The molecule has 0 spiro atoms. The maximum absolute atomic E-state index is 11.8. The molecule has 5 aromatic carbocycles. The monoisotopic (exact) mass is 714 g/mol. The third-order valence-electron chi connectivity index (χ3n) is 6.98. The number of para-hydroxylation sites is 5. The fourth-order valence-corrected chi connectivity index (χ4v) is 9.78. The van der Waals surface area contributed by atoms with Gasteiger partial charge in [0.2, 0.25) is 8.32 Å². The van der Waals surface area contributed by atoms with Crippen LogP contribution in [0.4, 0.5) is 0 Å². The fourth-order valence-electron chi connectivity index (χ4n) is 4.50. The standard InChI is InChI=1S/C36H32O10P2Si/c1-49(2,46-48(43-33-19-9-5-15-29(33)25-39)44-34-20-10-6-16-30(34)26-40)36-22-12-11-21-35(36)45-47(41-31-17-7-3-13-27(31)23-37)42-32-18-8-4-14-28(32)24-38/h3-23,25-26,38H,24H2,1-2H3. The lowest BCUT2D eigenvalue weighted by Gasteiger charge is -2.29. The molecule has 1 N–H and O–H groups in total. The van der Waals surface area contributed by atoms with Gasteiger partial charge in [0, 0.05) is 10.8 Å². The molecule has 0 aliphatic carbocycles. The van der Waals surface area contributed by atoms with Gasteiger partial charge in [-0.2, -0.15) is 0 Å². The van der Waals surface area contributed by atoms with Crippen molar-refractivity contribution in [2.24, 2.45) is 0 Å². The quantitative estimate of drug-likeness (QED) is 0.0572. The maximum atomic E-state index is 11.8.